The van der Waals surface area contributed by atoms with Gasteiger partial charge in [-0.05, 0) is 17.7 Å². The Bertz CT molecular complexity index is 294. The zero-order valence-electron chi connectivity index (χ0n) is 6.77. The first-order valence-electron chi connectivity index (χ1n) is 3.74. The minimum Gasteiger partial charge on any atom is -0.508 e. The van der Waals surface area contributed by atoms with Gasteiger partial charge in [0.2, 0.25) is 0 Å². The summed E-state index contributed by atoms with van der Waals surface area (Å²) in [4.78, 5) is 10.2. The van der Waals surface area contributed by atoms with E-state index >= 15 is 0 Å². The summed E-state index contributed by atoms with van der Waals surface area (Å²) in [5, 5.41) is 17.2. The van der Waals surface area contributed by atoms with Crippen molar-refractivity contribution in [3.8, 4) is 5.75 Å². The number of hydrogen-bond donors (Lipinski definition) is 2. The van der Waals surface area contributed by atoms with Crippen LogP contribution in [0.4, 0.5) is 4.39 Å². The first-order valence-corrected chi connectivity index (χ1v) is 3.74. The highest BCUT2D eigenvalue weighted by Gasteiger charge is 2.13. The summed E-state index contributed by atoms with van der Waals surface area (Å²) in [5.41, 5.74) is 0.264. The number of benzene rings is 1. The molecule has 13 heavy (non-hydrogen) atoms. The number of carboxylic acids is 1. The Labute approximate surface area is 74.4 Å². The minimum absolute atomic E-state index is 0.0336. The molecule has 1 aromatic carbocycles. The number of alkyl halides is 1. The van der Waals surface area contributed by atoms with Crippen molar-refractivity contribution in [1.82, 2.24) is 0 Å². The molecule has 0 fully saturated rings. The Balaban J connectivity index is 2.71. The fourth-order valence-electron chi connectivity index (χ4n) is 0.954. The SMILES string of the molecule is O=C(O)CC(F)c1ccc(O)cc1. The van der Waals surface area contributed by atoms with Crippen molar-refractivity contribution >= 4 is 5.97 Å². The van der Waals surface area contributed by atoms with Gasteiger partial charge in [-0.1, -0.05) is 12.1 Å². The molecule has 0 aliphatic heterocycles. The lowest BCUT2D eigenvalue weighted by atomic mass is 10.1. The van der Waals surface area contributed by atoms with Gasteiger partial charge in [0.1, 0.15) is 11.9 Å². The summed E-state index contributed by atoms with van der Waals surface area (Å²) in [7, 11) is 0. The second-order valence-corrected chi connectivity index (χ2v) is 2.66. The monoisotopic (exact) mass is 184 g/mol. The van der Waals surface area contributed by atoms with Gasteiger partial charge >= 0.3 is 5.97 Å². The van der Waals surface area contributed by atoms with Crippen molar-refractivity contribution in [3.05, 3.63) is 29.8 Å². The van der Waals surface area contributed by atoms with E-state index in [4.69, 9.17) is 10.2 Å². The highest BCUT2D eigenvalue weighted by molar-refractivity contribution is 5.67. The number of aromatic hydroxyl groups is 1. The third kappa shape index (κ3) is 2.74. The fraction of sp³-hybridized carbons (Fsp3) is 0.222. The molecule has 3 nitrogen and oxygen atoms in total. The number of hydrogen-bond acceptors (Lipinski definition) is 2. The van der Waals surface area contributed by atoms with Crippen molar-refractivity contribution in [2.24, 2.45) is 0 Å². The number of phenols is 1. The average Bonchev–Trinajstić information content (AvgIpc) is 2.04. The quantitative estimate of drug-likeness (QED) is 0.753. The Morgan fingerprint density at radius 3 is 2.38 bits per heavy atom. The van der Waals surface area contributed by atoms with Crippen LogP contribution in [0, 0.1) is 0 Å². The first-order chi connectivity index (χ1) is 6.09. The van der Waals surface area contributed by atoms with Crippen molar-refractivity contribution in [2.75, 3.05) is 0 Å². The molecule has 1 atom stereocenters. The van der Waals surface area contributed by atoms with Gasteiger partial charge in [0.25, 0.3) is 0 Å². The van der Waals surface area contributed by atoms with Crippen LogP contribution in [0.3, 0.4) is 0 Å². The molecule has 1 aromatic rings. The topological polar surface area (TPSA) is 57.5 Å². The molecule has 2 N–H and O–H groups in total. The van der Waals surface area contributed by atoms with Gasteiger partial charge in [0, 0.05) is 0 Å². The van der Waals surface area contributed by atoms with Gasteiger partial charge in [-0.25, -0.2) is 4.39 Å². The molecule has 1 unspecified atom stereocenters. The van der Waals surface area contributed by atoms with E-state index in [1.165, 1.54) is 24.3 Å². The molecule has 0 bridgehead atoms. The third-order valence-corrected chi connectivity index (χ3v) is 1.61. The Morgan fingerprint density at radius 2 is 1.92 bits per heavy atom. The second kappa shape index (κ2) is 3.89. The summed E-state index contributed by atoms with van der Waals surface area (Å²) in [6.45, 7) is 0. The molecule has 1 rings (SSSR count). The number of rotatable bonds is 3. The van der Waals surface area contributed by atoms with Gasteiger partial charge in [-0.3, -0.25) is 4.79 Å². The van der Waals surface area contributed by atoms with Gasteiger partial charge in [-0.2, -0.15) is 0 Å². The molecular formula is C9H9FO3. The predicted octanol–water partition coefficient (Wildman–Crippen LogP) is 1.88. The fourth-order valence-corrected chi connectivity index (χ4v) is 0.954. The van der Waals surface area contributed by atoms with E-state index in [2.05, 4.69) is 0 Å². The number of aliphatic carboxylic acids is 1. The molecule has 0 aliphatic rings. The summed E-state index contributed by atoms with van der Waals surface area (Å²) < 4.78 is 13.1. The Morgan fingerprint density at radius 1 is 1.38 bits per heavy atom. The average molecular weight is 184 g/mol. The van der Waals surface area contributed by atoms with Crippen LogP contribution in [0.5, 0.6) is 5.75 Å². The molecule has 0 aromatic heterocycles. The molecule has 0 spiro atoms. The van der Waals surface area contributed by atoms with Gasteiger partial charge in [0.15, 0.2) is 0 Å². The van der Waals surface area contributed by atoms with Crippen molar-refractivity contribution < 1.29 is 19.4 Å². The summed E-state index contributed by atoms with van der Waals surface area (Å²) in [5.74, 6) is -1.15. The Hall–Kier alpha value is -1.58. The molecular weight excluding hydrogens is 175 g/mol. The summed E-state index contributed by atoms with van der Waals surface area (Å²) in [6.07, 6.45) is -2.07. The Kier molecular flexibility index (Phi) is 2.84. The van der Waals surface area contributed by atoms with Crippen LogP contribution in [-0.2, 0) is 4.79 Å². The lowest BCUT2D eigenvalue weighted by Gasteiger charge is -2.04. The van der Waals surface area contributed by atoms with Crippen LogP contribution in [0.2, 0.25) is 0 Å². The highest BCUT2D eigenvalue weighted by Crippen LogP contribution is 2.22. The third-order valence-electron chi connectivity index (χ3n) is 1.61. The predicted molar refractivity (Wildman–Crippen MR) is 44.2 cm³/mol. The minimum atomic E-state index is -1.52. The van der Waals surface area contributed by atoms with Crippen LogP contribution in [0.15, 0.2) is 24.3 Å². The van der Waals surface area contributed by atoms with E-state index in [1.54, 1.807) is 0 Å². The molecule has 70 valence electrons. The molecule has 0 saturated carbocycles. The van der Waals surface area contributed by atoms with Crippen molar-refractivity contribution in [3.63, 3.8) is 0 Å². The van der Waals surface area contributed by atoms with Gasteiger partial charge in [0.05, 0.1) is 6.42 Å². The number of carboxylic acid groups (broad SMARTS) is 1. The standard InChI is InChI=1S/C9H9FO3/c10-8(5-9(12)13)6-1-3-7(11)4-2-6/h1-4,8,11H,5H2,(H,12,13). The molecule has 0 heterocycles. The second-order valence-electron chi connectivity index (χ2n) is 2.66. The van der Waals surface area contributed by atoms with E-state index in [9.17, 15) is 9.18 Å². The summed E-state index contributed by atoms with van der Waals surface area (Å²) >= 11 is 0. The lowest BCUT2D eigenvalue weighted by molar-refractivity contribution is -0.138. The highest BCUT2D eigenvalue weighted by atomic mass is 19.1. The zero-order valence-corrected chi connectivity index (χ0v) is 6.77. The molecule has 0 amide bonds. The zero-order chi connectivity index (χ0) is 9.84. The maximum absolute atomic E-state index is 13.1. The van der Waals surface area contributed by atoms with Crippen molar-refractivity contribution in [1.29, 1.82) is 0 Å². The maximum atomic E-state index is 13.1. The van der Waals surface area contributed by atoms with Crippen LogP contribution in [0.25, 0.3) is 0 Å². The van der Waals surface area contributed by atoms with E-state index < -0.39 is 18.6 Å². The number of phenolic OH excluding ortho intramolecular Hbond substituents is 1. The normalized spacial score (nSPS) is 12.4. The first kappa shape index (κ1) is 9.51. The van der Waals surface area contributed by atoms with Crippen LogP contribution in [0.1, 0.15) is 18.2 Å². The van der Waals surface area contributed by atoms with E-state index in [0.29, 0.717) is 0 Å². The number of halogens is 1. The largest absolute Gasteiger partial charge is 0.508 e. The van der Waals surface area contributed by atoms with E-state index in [1.807, 2.05) is 0 Å². The van der Waals surface area contributed by atoms with E-state index in [-0.39, 0.29) is 11.3 Å². The van der Waals surface area contributed by atoms with E-state index in [0.717, 1.165) is 0 Å². The lowest BCUT2D eigenvalue weighted by Crippen LogP contribution is -2.01. The molecule has 0 saturated heterocycles. The molecule has 0 aliphatic carbocycles. The summed E-state index contributed by atoms with van der Waals surface area (Å²) in [6, 6.07) is 5.37. The maximum Gasteiger partial charge on any atom is 0.306 e. The molecule has 0 radical (unpaired) electrons. The molecule has 4 heteroatoms. The smallest absolute Gasteiger partial charge is 0.306 e. The van der Waals surface area contributed by atoms with Crippen LogP contribution in [-0.4, -0.2) is 16.2 Å². The van der Waals surface area contributed by atoms with Crippen molar-refractivity contribution in [2.45, 2.75) is 12.6 Å². The number of carbonyl (C=O) groups is 1. The van der Waals surface area contributed by atoms with Crippen LogP contribution >= 0.6 is 0 Å². The van der Waals surface area contributed by atoms with Gasteiger partial charge < -0.3 is 10.2 Å². The van der Waals surface area contributed by atoms with Gasteiger partial charge in [-0.15, -0.1) is 0 Å². The van der Waals surface area contributed by atoms with Crippen LogP contribution < -0.4 is 0 Å².